The molecule has 0 saturated carbocycles. The molecule has 8 heteroatoms. The van der Waals surface area contributed by atoms with Crippen LogP contribution in [0.4, 0.5) is 5.69 Å². The van der Waals surface area contributed by atoms with Crippen LogP contribution in [0.5, 0.6) is 5.75 Å². The van der Waals surface area contributed by atoms with E-state index in [0.717, 1.165) is 28.6 Å². The molecule has 150 valence electrons. The Morgan fingerprint density at radius 2 is 1.82 bits per heavy atom. The molecule has 2 aromatic carbocycles. The van der Waals surface area contributed by atoms with Gasteiger partial charge in [0.1, 0.15) is 5.75 Å². The molecule has 1 aliphatic heterocycles. The number of nitrogens with one attached hydrogen (secondary N) is 1. The third kappa shape index (κ3) is 4.92. The predicted molar refractivity (Wildman–Crippen MR) is 112 cm³/mol. The van der Waals surface area contributed by atoms with E-state index in [1.54, 1.807) is 31.4 Å². The standard InChI is InChI=1S/C20H23BrN2O4S/c1-27-19-10-4-15(14-18(19)21)5-11-20(24)22-16-6-8-17(9-7-16)28(25,26)23-12-2-3-13-23/h4,6-10,14H,2-3,5,11-13H2,1H3,(H,22,24). The first-order chi connectivity index (χ1) is 13.4. The van der Waals surface area contributed by atoms with E-state index in [0.29, 0.717) is 31.6 Å². The summed E-state index contributed by atoms with van der Waals surface area (Å²) in [6.45, 7) is 1.14. The normalized spacial score (nSPS) is 14.8. The summed E-state index contributed by atoms with van der Waals surface area (Å²) in [5.74, 6) is 0.624. The molecule has 6 nitrogen and oxygen atoms in total. The number of nitrogens with zero attached hydrogens (tertiary/aromatic N) is 1. The molecule has 0 atom stereocenters. The van der Waals surface area contributed by atoms with E-state index in [9.17, 15) is 13.2 Å². The first kappa shape index (κ1) is 20.8. The summed E-state index contributed by atoms with van der Waals surface area (Å²) in [7, 11) is -1.83. The van der Waals surface area contributed by atoms with Gasteiger partial charge in [-0.15, -0.1) is 0 Å². The number of hydrogen-bond acceptors (Lipinski definition) is 4. The number of hydrogen-bond donors (Lipinski definition) is 1. The van der Waals surface area contributed by atoms with E-state index in [-0.39, 0.29) is 10.8 Å². The molecule has 1 aliphatic rings. The average Bonchev–Trinajstić information content (AvgIpc) is 3.23. The topological polar surface area (TPSA) is 75.7 Å². The zero-order chi connectivity index (χ0) is 20.1. The summed E-state index contributed by atoms with van der Waals surface area (Å²) in [5.41, 5.74) is 1.61. The van der Waals surface area contributed by atoms with Crippen molar-refractivity contribution in [3.63, 3.8) is 0 Å². The number of ether oxygens (including phenoxy) is 1. The molecule has 1 fully saturated rings. The number of amides is 1. The molecule has 1 heterocycles. The number of methoxy groups -OCH3 is 1. The van der Waals surface area contributed by atoms with Crippen molar-refractivity contribution >= 4 is 37.5 Å². The van der Waals surface area contributed by atoms with Crippen LogP contribution in [0.2, 0.25) is 0 Å². The van der Waals surface area contributed by atoms with Crippen molar-refractivity contribution in [2.24, 2.45) is 0 Å². The lowest BCUT2D eigenvalue weighted by atomic mass is 10.1. The van der Waals surface area contributed by atoms with Crippen molar-refractivity contribution in [3.8, 4) is 5.75 Å². The third-order valence-electron chi connectivity index (χ3n) is 4.70. The van der Waals surface area contributed by atoms with Crippen molar-refractivity contribution in [1.29, 1.82) is 0 Å². The highest BCUT2D eigenvalue weighted by atomic mass is 79.9. The molecule has 1 saturated heterocycles. The van der Waals surface area contributed by atoms with Crippen molar-refractivity contribution in [1.82, 2.24) is 4.31 Å². The van der Waals surface area contributed by atoms with Crippen LogP contribution in [0.1, 0.15) is 24.8 Å². The Labute approximate surface area is 174 Å². The number of aryl methyl sites for hydroxylation is 1. The average molecular weight is 467 g/mol. The lowest BCUT2D eigenvalue weighted by Gasteiger charge is -2.15. The van der Waals surface area contributed by atoms with Crippen molar-refractivity contribution in [2.75, 3.05) is 25.5 Å². The Morgan fingerprint density at radius 3 is 2.43 bits per heavy atom. The largest absolute Gasteiger partial charge is 0.496 e. The van der Waals surface area contributed by atoms with Crippen LogP contribution < -0.4 is 10.1 Å². The fourth-order valence-corrected chi connectivity index (χ4v) is 5.24. The Hall–Kier alpha value is -1.90. The number of sulfonamides is 1. The van der Waals surface area contributed by atoms with Gasteiger partial charge in [0.15, 0.2) is 0 Å². The van der Waals surface area contributed by atoms with Gasteiger partial charge in [-0.3, -0.25) is 4.79 Å². The fourth-order valence-electron chi connectivity index (χ4n) is 3.13. The Kier molecular flexibility index (Phi) is 6.74. The summed E-state index contributed by atoms with van der Waals surface area (Å²) in [6, 6.07) is 12.1. The molecule has 0 bridgehead atoms. The first-order valence-corrected chi connectivity index (χ1v) is 11.4. The SMILES string of the molecule is COc1ccc(CCC(=O)Nc2ccc(S(=O)(=O)N3CCCC3)cc2)cc1Br. The fraction of sp³-hybridized carbons (Fsp3) is 0.350. The van der Waals surface area contributed by atoms with Gasteiger partial charge in [0, 0.05) is 25.2 Å². The van der Waals surface area contributed by atoms with E-state index >= 15 is 0 Å². The van der Waals surface area contributed by atoms with Gasteiger partial charge in [0.2, 0.25) is 15.9 Å². The van der Waals surface area contributed by atoms with E-state index in [2.05, 4.69) is 21.2 Å². The maximum absolute atomic E-state index is 12.5. The minimum atomic E-state index is -3.43. The van der Waals surface area contributed by atoms with Gasteiger partial charge in [-0.25, -0.2) is 8.42 Å². The second-order valence-electron chi connectivity index (χ2n) is 6.65. The second-order valence-corrected chi connectivity index (χ2v) is 9.44. The van der Waals surface area contributed by atoms with Gasteiger partial charge in [-0.1, -0.05) is 6.07 Å². The van der Waals surface area contributed by atoms with E-state index in [4.69, 9.17) is 4.74 Å². The van der Waals surface area contributed by atoms with Crippen LogP contribution in [0.25, 0.3) is 0 Å². The molecule has 0 aromatic heterocycles. The molecule has 0 unspecified atom stereocenters. The zero-order valence-corrected chi connectivity index (χ0v) is 18.1. The molecule has 1 N–H and O–H groups in total. The monoisotopic (exact) mass is 466 g/mol. The van der Waals surface area contributed by atoms with Crippen LogP contribution in [0.3, 0.4) is 0 Å². The van der Waals surface area contributed by atoms with Crippen LogP contribution in [-0.2, 0) is 21.2 Å². The molecular formula is C20H23BrN2O4S. The Bertz CT molecular complexity index is 939. The Morgan fingerprint density at radius 1 is 1.14 bits per heavy atom. The lowest BCUT2D eigenvalue weighted by Crippen LogP contribution is -2.27. The van der Waals surface area contributed by atoms with Gasteiger partial charge in [0.25, 0.3) is 0 Å². The van der Waals surface area contributed by atoms with Crippen LogP contribution in [0.15, 0.2) is 51.8 Å². The molecule has 2 aromatic rings. The molecule has 3 rings (SSSR count). The van der Waals surface area contributed by atoms with E-state index in [1.807, 2.05) is 18.2 Å². The molecular weight excluding hydrogens is 444 g/mol. The summed E-state index contributed by atoms with van der Waals surface area (Å²) in [6.07, 6.45) is 2.72. The predicted octanol–water partition coefficient (Wildman–Crippen LogP) is 3.81. The maximum atomic E-state index is 12.5. The molecule has 1 amide bonds. The van der Waals surface area contributed by atoms with Gasteiger partial charge in [-0.05, 0) is 77.2 Å². The summed E-state index contributed by atoms with van der Waals surface area (Å²) in [5, 5.41) is 2.81. The Balaban J connectivity index is 1.56. The number of benzene rings is 2. The molecule has 0 radical (unpaired) electrons. The highest BCUT2D eigenvalue weighted by Gasteiger charge is 2.26. The minimum Gasteiger partial charge on any atom is -0.496 e. The zero-order valence-electron chi connectivity index (χ0n) is 15.7. The number of anilines is 1. The highest BCUT2D eigenvalue weighted by molar-refractivity contribution is 9.10. The van der Waals surface area contributed by atoms with Crippen molar-refractivity contribution in [2.45, 2.75) is 30.6 Å². The lowest BCUT2D eigenvalue weighted by molar-refractivity contribution is -0.116. The highest BCUT2D eigenvalue weighted by Crippen LogP contribution is 2.26. The van der Waals surface area contributed by atoms with Gasteiger partial charge in [-0.2, -0.15) is 4.31 Å². The summed E-state index contributed by atoms with van der Waals surface area (Å²) >= 11 is 3.44. The van der Waals surface area contributed by atoms with Crippen molar-refractivity contribution < 1.29 is 17.9 Å². The van der Waals surface area contributed by atoms with Gasteiger partial charge < -0.3 is 10.1 Å². The number of rotatable bonds is 7. The molecule has 28 heavy (non-hydrogen) atoms. The molecule has 0 spiro atoms. The summed E-state index contributed by atoms with van der Waals surface area (Å²) < 4.78 is 32.6. The van der Waals surface area contributed by atoms with Crippen LogP contribution in [-0.4, -0.2) is 38.8 Å². The third-order valence-corrected chi connectivity index (χ3v) is 7.23. The van der Waals surface area contributed by atoms with Gasteiger partial charge >= 0.3 is 0 Å². The number of halogens is 1. The maximum Gasteiger partial charge on any atom is 0.243 e. The minimum absolute atomic E-state index is 0.123. The van der Waals surface area contributed by atoms with E-state index < -0.39 is 10.0 Å². The summed E-state index contributed by atoms with van der Waals surface area (Å²) in [4.78, 5) is 12.5. The molecule has 0 aliphatic carbocycles. The quantitative estimate of drug-likeness (QED) is 0.672. The number of carbonyl (C=O) groups is 1. The number of carbonyl (C=O) groups excluding carboxylic acids is 1. The first-order valence-electron chi connectivity index (χ1n) is 9.12. The van der Waals surface area contributed by atoms with Crippen LogP contribution in [0, 0.1) is 0 Å². The smallest absolute Gasteiger partial charge is 0.243 e. The van der Waals surface area contributed by atoms with Crippen LogP contribution >= 0.6 is 15.9 Å². The van der Waals surface area contributed by atoms with E-state index in [1.165, 1.54) is 4.31 Å². The second kappa shape index (κ2) is 9.07. The van der Waals surface area contributed by atoms with Crippen molar-refractivity contribution in [3.05, 3.63) is 52.5 Å². The van der Waals surface area contributed by atoms with Gasteiger partial charge in [0.05, 0.1) is 16.5 Å².